The van der Waals surface area contributed by atoms with Gasteiger partial charge in [0.2, 0.25) is 6.79 Å². The molecule has 0 saturated carbocycles. The van der Waals surface area contributed by atoms with E-state index in [9.17, 15) is 4.79 Å². The second kappa shape index (κ2) is 7.84. The van der Waals surface area contributed by atoms with E-state index in [1.165, 1.54) is 29.3 Å². The molecule has 1 aliphatic carbocycles. The van der Waals surface area contributed by atoms with Gasteiger partial charge in [-0.2, -0.15) is 0 Å². The maximum Gasteiger partial charge on any atom is 0.271 e. The Morgan fingerprint density at radius 1 is 1.10 bits per heavy atom. The molecule has 2 aromatic carbocycles. The minimum absolute atomic E-state index is 0.0176. The van der Waals surface area contributed by atoms with Crippen LogP contribution in [0.4, 0.5) is 5.69 Å². The fourth-order valence-corrected chi connectivity index (χ4v) is 5.22. The van der Waals surface area contributed by atoms with Crippen molar-refractivity contribution in [3.63, 3.8) is 0 Å². The van der Waals surface area contributed by atoms with Crippen molar-refractivity contribution in [2.24, 2.45) is 4.99 Å². The van der Waals surface area contributed by atoms with E-state index in [1.807, 2.05) is 43.0 Å². The fourth-order valence-electron chi connectivity index (χ4n) is 4.12. The first kappa shape index (κ1) is 19.2. The molecule has 1 amide bonds. The summed E-state index contributed by atoms with van der Waals surface area (Å²) in [6, 6.07) is 12.1. The molecule has 5 nitrogen and oxygen atoms in total. The van der Waals surface area contributed by atoms with Crippen molar-refractivity contribution in [3.8, 4) is 11.5 Å². The normalized spacial score (nSPS) is 20.5. The summed E-state index contributed by atoms with van der Waals surface area (Å²) in [6.07, 6.45) is 6.38. The molecule has 0 aromatic heterocycles. The van der Waals surface area contributed by atoms with Gasteiger partial charge in [-0.05, 0) is 92.3 Å². The van der Waals surface area contributed by atoms with Gasteiger partial charge >= 0.3 is 0 Å². The van der Waals surface area contributed by atoms with Gasteiger partial charge in [0.25, 0.3) is 5.91 Å². The second-order valence-electron chi connectivity index (χ2n) is 7.99. The van der Waals surface area contributed by atoms with Crippen molar-refractivity contribution < 1.29 is 14.3 Å². The molecule has 2 aliphatic heterocycles. The number of amides is 1. The SMILES string of the molecule is CC(C)/N=C1\S/C(=C\c2ccc3c(c2)OCO3)C(=O)N1c1cccc2c1CCCC2. The summed E-state index contributed by atoms with van der Waals surface area (Å²) in [6.45, 7) is 4.31. The predicted molar refractivity (Wildman–Crippen MR) is 121 cm³/mol. The minimum Gasteiger partial charge on any atom is -0.454 e. The molecule has 5 rings (SSSR count). The van der Waals surface area contributed by atoms with Crippen LogP contribution in [0.25, 0.3) is 6.08 Å². The number of thioether (sulfide) groups is 1. The highest BCUT2D eigenvalue weighted by atomic mass is 32.2. The molecule has 0 N–H and O–H groups in total. The molecular weight excluding hydrogens is 396 g/mol. The van der Waals surface area contributed by atoms with E-state index in [4.69, 9.17) is 14.5 Å². The zero-order chi connectivity index (χ0) is 20.7. The number of amidine groups is 1. The highest BCUT2D eigenvalue weighted by Gasteiger charge is 2.36. The van der Waals surface area contributed by atoms with Crippen molar-refractivity contribution in [1.82, 2.24) is 0 Å². The van der Waals surface area contributed by atoms with E-state index in [-0.39, 0.29) is 18.7 Å². The Kier molecular flexibility index (Phi) is 5.03. The van der Waals surface area contributed by atoms with E-state index in [0.717, 1.165) is 41.4 Å². The van der Waals surface area contributed by atoms with Gasteiger partial charge in [0.05, 0.1) is 10.6 Å². The Labute approximate surface area is 180 Å². The number of aryl methyl sites for hydroxylation is 1. The number of fused-ring (bicyclic) bond motifs is 2. The Morgan fingerprint density at radius 2 is 1.93 bits per heavy atom. The van der Waals surface area contributed by atoms with Gasteiger partial charge in [-0.25, -0.2) is 0 Å². The van der Waals surface area contributed by atoms with Crippen molar-refractivity contribution >= 4 is 34.6 Å². The first-order chi connectivity index (χ1) is 14.6. The summed E-state index contributed by atoms with van der Waals surface area (Å²) in [7, 11) is 0. The van der Waals surface area contributed by atoms with Gasteiger partial charge in [-0.3, -0.25) is 14.7 Å². The van der Waals surface area contributed by atoms with E-state index in [2.05, 4.69) is 18.2 Å². The molecule has 0 bridgehead atoms. The standard InChI is InChI=1S/C24H24N2O3S/c1-15(2)25-24-26(19-9-5-7-17-6-3-4-8-18(17)19)23(27)22(30-24)13-16-10-11-20-21(12-16)29-14-28-20/h5,7,9-13,15H,3-4,6,8,14H2,1-2H3/b22-13-,25-24-. The molecule has 1 saturated heterocycles. The van der Waals surface area contributed by atoms with Crippen molar-refractivity contribution in [3.05, 3.63) is 58.0 Å². The molecule has 0 radical (unpaired) electrons. The molecule has 30 heavy (non-hydrogen) atoms. The first-order valence-electron chi connectivity index (χ1n) is 10.4. The molecule has 0 atom stereocenters. The lowest BCUT2D eigenvalue weighted by Crippen LogP contribution is -2.31. The Hall–Kier alpha value is -2.73. The maximum atomic E-state index is 13.5. The third-order valence-corrected chi connectivity index (χ3v) is 6.46. The van der Waals surface area contributed by atoms with Crippen LogP contribution in [0, 0.1) is 0 Å². The van der Waals surface area contributed by atoms with Crippen molar-refractivity contribution in [2.45, 2.75) is 45.6 Å². The summed E-state index contributed by atoms with van der Waals surface area (Å²) < 4.78 is 10.9. The van der Waals surface area contributed by atoms with Crippen LogP contribution in [-0.4, -0.2) is 23.9 Å². The average Bonchev–Trinajstić information content (AvgIpc) is 3.31. The molecule has 2 aromatic rings. The molecule has 0 unspecified atom stereocenters. The predicted octanol–water partition coefficient (Wildman–Crippen LogP) is 5.18. The number of carbonyl (C=O) groups is 1. The minimum atomic E-state index is -0.0176. The number of hydrogen-bond acceptors (Lipinski definition) is 5. The zero-order valence-electron chi connectivity index (χ0n) is 17.2. The quantitative estimate of drug-likeness (QED) is 0.642. The van der Waals surface area contributed by atoms with Gasteiger partial charge in [0.15, 0.2) is 16.7 Å². The summed E-state index contributed by atoms with van der Waals surface area (Å²) >= 11 is 1.44. The highest BCUT2D eigenvalue weighted by Crippen LogP contribution is 2.41. The van der Waals surface area contributed by atoms with Crippen LogP contribution in [-0.2, 0) is 17.6 Å². The number of anilines is 1. The van der Waals surface area contributed by atoms with E-state index >= 15 is 0 Å². The summed E-state index contributed by atoms with van der Waals surface area (Å²) in [5, 5.41) is 0.751. The van der Waals surface area contributed by atoms with Crippen LogP contribution in [0.5, 0.6) is 11.5 Å². The number of ether oxygens (including phenoxy) is 2. The number of nitrogens with zero attached hydrogens (tertiary/aromatic N) is 2. The Balaban J connectivity index is 1.55. The lowest BCUT2D eigenvalue weighted by Gasteiger charge is -2.24. The summed E-state index contributed by atoms with van der Waals surface area (Å²) in [5.41, 5.74) is 4.54. The molecule has 2 heterocycles. The topological polar surface area (TPSA) is 51.1 Å². The van der Waals surface area contributed by atoms with Crippen molar-refractivity contribution in [2.75, 3.05) is 11.7 Å². The monoisotopic (exact) mass is 420 g/mol. The molecule has 1 fully saturated rings. The number of aliphatic imine (C=N–C) groups is 1. The van der Waals surface area contributed by atoms with E-state index in [0.29, 0.717) is 10.7 Å². The molecule has 0 spiro atoms. The van der Waals surface area contributed by atoms with E-state index < -0.39 is 0 Å². The van der Waals surface area contributed by atoms with Crippen LogP contribution in [0.3, 0.4) is 0 Å². The Morgan fingerprint density at radius 3 is 2.80 bits per heavy atom. The number of carbonyl (C=O) groups excluding carboxylic acids is 1. The van der Waals surface area contributed by atoms with Crippen molar-refractivity contribution in [1.29, 1.82) is 0 Å². The number of rotatable bonds is 3. The van der Waals surface area contributed by atoms with Crippen LogP contribution in [0.1, 0.15) is 43.4 Å². The van der Waals surface area contributed by atoms with Gasteiger partial charge in [0.1, 0.15) is 0 Å². The lowest BCUT2D eigenvalue weighted by atomic mass is 9.90. The van der Waals surface area contributed by atoms with Gasteiger partial charge in [-0.15, -0.1) is 0 Å². The first-order valence-corrected chi connectivity index (χ1v) is 11.2. The lowest BCUT2D eigenvalue weighted by molar-refractivity contribution is -0.113. The third-order valence-electron chi connectivity index (χ3n) is 5.48. The van der Waals surface area contributed by atoms with Gasteiger partial charge in [-0.1, -0.05) is 18.2 Å². The average molecular weight is 421 g/mol. The molecule has 6 heteroatoms. The highest BCUT2D eigenvalue weighted by molar-refractivity contribution is 8.19. The number of hydrogen-bond donors (Lipinski definition) is 0. The third kappa shape index (κ3) is 3.49. The van der Waals surface area contributed by atoms with Crippen LogP contribution in [0.15, 0.2) is 46.3 Å². The van der Waals surface area contributed by atoms with Crippen LogP contribution >= 0.6 is 11.8 Å². The maximum absolute atomic E-state index is 13.5. The molecule has 3 aliphatic rings. The molecule has 154 valence electrons. The van der Waals surface area contributed by atoms with Gasteiger partial charge < -0.3 is 9.47 Å². The zero-order valence-corrected chi connectivity index (χ0v) is 18.0. The van der Waals surface area contributed by atoms with Gasteiger partial charge in [0, 0.05) is 6.04 Å². The smallest absolute Gasteiger partial charge is 0.271 e. The second-order valence-corrected chi connectivity index (χ2v) is 9.00. The molecular formula is C24H24N2O3S. The van der Waals surface area contributed by atoms with E-state index in [1.54, 1.807) is 0 Å². The Bertz CT molecular complexity index is 1070. The number of benzene rings is 2. The van der Waals surface area contributed by atoms with Crippen LogP contribution in [0.2, 0.25) is 0 Å². The fraction of sp³-hybridized carbons (Fsp3) is 0.333. The summed E-state index contributed by atoms with van der Waals surface area (Å²) in [5.74, 6) is 1.43. The largest absolute Gasteiger partial charge is 0.454 e. The summed E-state index contributed by atoms with van der Waals surface area (Å²) in [4.78, 5) is 20.8. The van der Waals surface area contributed by atoms with Crippen LogP contribution < -0.4 is 14.4 Å².